The Bertz CT molecular complexity index is 679. The van der Waals surface area contributed by atoms with Crippen molar-refractivity contribution in [3.63, 3.8) is 0 Å². The van der Waals surface area contributed by atoms with Gasteiger partial charge in [-0.3, -0.25) is 4.79 Å². The number of hydrogen-bond acceptors (Lipinski definition) is 1. The molecule has 0 bridgehead atoms. The molecule has 3 heteroatoms. The first-order valence-electron chi connectivity index (χ1n) is 8.42. The lowest BCUT2D eigenvalue weighted by Crippen LogP contribution is -2.43. The zero-order valence-corrected chi connectivity index (χ0v) is 14.6. The number of amides is 1. The summed E-state index contributed by atoms with van der Waals surface area (Å²) < 4.78 is 2.01. The van der Waals surface area contributed by atoms with Gasteiger partial charge in [0, 0.05) is 24.2 Å². The first kappa shape index (κ1) is 17.2. The molecule has 1 N–H and O–H groups in total. The van der Waals surface area contributed by atoms with Crippen molar-refractivity contribution in [2.24, 2.45) is 0 Å². The van der Waals surface area contributed by atoms with E-state index in [-0.39, 0.29) is 5.91 Å². The standard InChI is InChI=1S/C20H26N2O/c1-5-15(3)18-9-7-8-10-19(18)21-20(23)14-22-13-17(6-2)12-11-16(22)4/h7-13,15H,5-6,14H2,1-4H3/p+1/t15-/m0/s1. The van der Waals surface area contributed by atoms with Gasteiger partial charge in [0.05, 0.1) is 0 Å². The number of nitrogens with one attached hydrogen (secondary N) is 1. The third-order valence-corrected chi connectivity index (χ3v) is 4.41. The number of aryl methyl sites for hydroxylation is 2. The van der Waals surface area contributed by atoms with Gasteiger partial charge in [-0.05, 0) is 36.5 Å². The molecule has 0 aliphatic carbocycles. The molecule has 1 aromatic carbocycles. The molecule has 0 aliphatic heterocycles. The van der Waals surface area contributed by atoms with E-state index in [0.717, 1.165) is 24.2 Å². The maximum atomic E-state index is 12.5. The van der Waals surface area contributed by atoms with Gasteiger partial charge in [-0.15, -0.1) is 0 Å². The Kier molecular flexibility index (Phi) is 5.91. The topological polar surface area (TPSA) is 33.0 Å². The molecular formula is C20H27N2O+. The van der Waals surface area contributed by atoms with Crippen LogP contribution in [0.25, 0.3) is 0 Å². The number of carbonyl (C=O) groups is 1. The fraction of sp³-hybridized carbons (Fsp3) is 0.400. The molecule has 0 radical (unpaired) electrons. The van der Waals surface area contributed by atoms with Gasteiger partial charge < -0.3 is 5.32 Å². The monoisotopic (exact) mass is 311 g/mol. The molecule has 0 saturated heterocycles. The van der Waals surface area contributed by atoms with E-state index in [0.29, 0.717) is 12.5 Å². The number of aromatic nitrogens is 1. The SMILES string of the molecule is CCc1ccc(C)[n+](CC(=O)Nc2ccccc2[C@@H](C)CC)c1. The largest absolute Gasteiger partial charge is 0.320 e. The van der Waals surface area contributed by atoms with Crippen molar-refractivity contribution in [1.29, 1.82) is 0 Å². The molecule has 1 aromatic heterocycles. The van der Waals surface area contributed by atoms with Crippen molar-refractivity contribution in [1.82, 2.24) is 0 Å². The van der Waals surface area contributed by atoms with E-state index in [1.807, 2.05) is 29.7 Å². The predicted molar refractivity (Wildman–Crippen MR) is 94.5 cm³/mol. The van der Waals surface area contributed by atoms with Gasteiger partial charge in [0.25, 0.3) is 5.91 Å². The molecule has 0 aliphatic rings. The number of carbonyl (C=O) groups excluding carboxylic acids is 1. The van der Waals surface area contributed by atoms with Gasteiger partial charge in [0.15, 0.2) is 11.9 Å². The van der Waals surface area contributed by atoms with E-state index in [2.05, 4.69) is 50.5 Å². The molecule has 1 amide bonds. The first-order chi connectivity index (χ1) is 11.0. The second-order valence-electron chi connectivity index (χ2n) is 6.10. The Labute approximate surface area is 139 Å². The minimum atomic E-state index is 0.0158. The number of anilines is 1. The average Bonchev–Trinajstić information content (AvgIpc) is 2.56. The third kappa shape index (κ3) is 4.41. The van der Waals surface area contributed by atoms with Gasteiger partial charge in [0.2, 0.25) is 6.54 Å². The predicted octanol–water partition coefficient (Wildman–Crippen LogP) is 4.00. The second kappa shape index (κ2) is 7.91. The Morgan fingerprint density at radius 1 is 1.17 bits per heavy atom. The Hall–Kier alpha value is -2.16. The fourth-order valence-electron chi connectivity index (χ4n) is 2.65. The van der Waals surface area contributed by atoms with Crippen LogP contribution in [0.4, 0.5) is 5.69 Å². The van der Waals surface area contributed by atoms with Crippen LogP contribution >= 0.6 is 0 Å². The Balaban J connectivity index is 2.14. The summed E-state index contributed by atoms with van der Waals surface area (Å²) in [4.78, 5) is 12.5. The normalized spacial score (nSPS) is 12.0. The molecule has 0 saturated carbocycles. The number of nitrogens with zero attached hydrogens (tertiary/aromatic N) is 1. The van der Waals surface area contributed by atoms with E-state index in [4.69, 9.17) is 0 Å². The van der Waals surface area contributed by atoms with Crippen molar-refractivity contribution >= 4 is 11.6 Å². The molecule has 1 atom stereocenters. The van der Waals surface area contributed by atoms with Crippen LogP contribution in [0.1, 0.15) is 49.9 Å². The lowest BCUT2D eigenvalue weighted by Gasteiger charge is -2.15. The summed E-state index contributed by atoms with van der Waals surface area (Å²) in [6.07, 6.45) is 4.09. The molecular weight excluding hydrogens is 284 g/mol. The second-order valence-corrected chi connectivity index (χ2v) is 6.10. The molecule has 0 spiro atoms. The van der Waals surface area contributed by atoms with E-state index in [1.54, 1.807) is 0 Å². The van der Waals surface area contributed by atoms with Crippen molar-refractivity contribution in [2.75, 3.05) is 5.32 Å². The molecule has 2 aromatic rings. The summed E-state index contributed by atoms with van der Waals surface area (Å²) >= 11 is 0. The van der Waals surface area contributed by atoms with Gasteiger partial charge in [-0.2, -0.15) is 4.57 Å². The number of pyridine rings is 1. The molecule has 1 heterocycles. The quantitative estimate of drug-likeness (QED) is 0.804. The minimum Gasteiger partial charge on any atom is -0.320 e. The van der Waals surface area contributed by atoms with E-state index in [9.17, 15) is 4.79 Å². The molecule has 122 valence electrons. The number of benzene rings is 1. The molecule has 0 unspecified atom stereocenters. The number of para-hydroxylation sites is 1. The highest BCUT2D eigenvalue weighted by atomic mass is 16.1. The Morgan fingerprint density at radius 3 is 2.61 bits per heavy atom. The molecule has 0 fully saturated rings. The van der Waals surface area contributed by atoms with Crippen LogP contribution in [-0.2, 0) is 17.8 Å². The van der Waals surface area contributed by atoms with Crippen LogP contribution in [0.2, 0.25) is 0 Å². The maximum Gasteiger partial charge on any atom is 0.290 e. The van der Waals surface area contributed by atoms with Crippen LogP contribution in [0.5, 0.6) is 0 Å². The summed E-state index contributed by atoms with van der Waals surface area (Å²) in [6, 6.07) is 12.3. The first-order valence-corrected chi connectivity index (χ1v) is 8.42. The van der Waals surface area contributed by atoms with Crippen LogP contribution in [0, 0.1) is 6.92 Å². The summed E-state index contributed by atoms with van der Waals surface area (Å²) in [7, 11) is 0. The summed E-state index contributed by atoms with van der Waals surface area (Å²) in [5, 5.41) is 3.08. The summed E-state index contributed by atoms with van der Waals surface area (Å²) in [6.45, 7) is 8.85. The maximum absolute atomic E-state index is 12.5. The molecule has 2 rings (SSSR count). The van der Waals surface area contributed by atoms with Gasteiger partial charge in [-0.25, -0.2) is 0 Å². The summed E-state index contributed by atoms with van der Waals surface area (Å²) in [5.41, 5.74) is 4.46. The summed E-state index contributed by atoms with van der Waals surface area (Å²) in [5.74, 6) is 0.450. The van der Waals surface area contributed by atoms with Gasteiger partial charge in [-0.1, -0.05) is 39.0 Å². The van der Waals surface area contributed by atoms with Crippen molar-refractivity contribution in [3.05, 3.63) is 59.4 Å². The highest BCUT2D eigenvalue weighted by molar-refractivity contribution is 5.90. The van der Waals surface area contributed by atoms with E-state index in [1.165, 1.54) is 11.1 Å². The Morgan fingerprint density at radius 2 is 1.91 bits per heavy atom. The smallest absolute Gasteiger partial charge is 0.290 e. The number of rotatable bonds is 6. The highest BCUT2D eigenvalue weighted by Crippen LogP contribution is 2.26. The minimum absolute atomic E-state index is 0.0158. The van der Waals surface area contributed by atoms with Gasteiger partial charge in [0.1, 0.15) is 0 Å². The van der Waals surface area contributed by atoms with Crippen LogP contribution < -0.4 is 9.88 Å². The zero-order chi connectivity index (χ0) is 16.8. The van der Waals surface area contributed by atoms with Crippen LogP contribution in [0.3, 0.4) is 0 Å². The lowest BCUT2D eigenvalue weighted by atomic mass is 9.97. The van der Waals surface area contributed by atoms with Gasteiger partial charge >= 0.3 is 0 Å². The van der Waals surface area contributed by atoms with Crippen molar-refractivity contribution in [2.45, 2.75) is 53.0 Å². The van der Waals surface area contributed by atoms with Crippen LogP contribution in [0.15, 0.2) is 42.6 Å². The number of hydrogen-bond donors (Lipinski definition) is 1. The average molecular weight is 311 g/mol. The van der Waals surface area contributed by atoms with E-state index < -0.39 is 0 Å². The molecule has 3 nitrogen and oxygen atoms in total. The lowest BCUT2D eigenvalue weighted by molar-refractivity contribution is -0.690. The van der Waals surface area contributed by atoms with Crippen LogP contribution in [-0.4, -0.2) is 5.91 Å². The van der Waals surface area contributed by atoms with Crippen molar-refractivity contribution < 1.29 is 9.36 Å². The third-order valence-electron chi connectivity index (χ3n) is 4.41. The van der Waals surface area contributed by atoms with E-state index >= 15 is 0 Å². The highest BCUT2D eigenvalue weighted by Gasteiger charge is 2.16. The zero-order valence-electron chi connectivity index (χ0n) is 14.6. The fourth-order valence-corrected chi connectivity index (χ4v) is 2.65. The van der Waals surface area contributed by atoms with Crippen molar-refractivity contribution in [3.8, 4) is 0 Å². The molecule has 23 heavy (non-hydrogen) atoms.